The molecule has 1 heterocycles. The highest BCUT2D eigenvalue weighted by Crippen LogP contribution is 2.30. The van der Waals surface area contributed by atoms with Gasteiger partial charge < -0.3 is 5.32 Å². The average molecular weight is 249 g/mol. The van der Waals surface area contributed by atoms with E-state index in [9.17, 15) is 0 Å². The minimum atomic E-state index is 0.944. The Bertz CT molecular complexity index is 370. The lowest BCUT2D eigenvalue weighted by Crippen LogP contribution is -2.22. The lowest BCUT2D eigenvalue weighted by atomic mass is 9.81. The van der Waals surface area contributed by atoms with E-state index in [-0.39, 0.29) is 0 Å². The molecule has 1 aliphatic carbocycles. The Hall–Kier alpha value is -0.830. The average Bonchev–Trinajstić information content (AvgIpc) is 2.64. The lowest BCUT2D eigenvalue weighted by molar-refractivity contribution is 0.267. The molecule has 1 N–H and O–H groups in total. The summed E-state index contributed by atoms with van der Waals surface area (Å²) in [5, 5.41) is 7.92. The standard InChI is InChI=1S/C15H27N3/c1-12-5-4-6-14(9-12)7-8-16-11-15-10-13(2)17-18(15)3/h10,12,14,16H,4-9,11H2,1-3H3. The van der Waals surface area contributed by atoms with Crippen LogP contribution >= 0.6 is 0 Å². The van der Waals surface area contributed by atoms with Gasteiger partial charge in [0.2, 0.25) is 0 Å². The molecule has 1 saturated carbocycles. The van der Waals surface area contributed by atoms with Crippen molar-refractivity contribution in [2.75, 3.05) is 6.54 Å². The minimum absolute atomic E-state index is 0.944. The summed E-state index contributed by atoms with van der Waals surface area (Å²) in [6, 6.07) is 2.16. The van der Waals surface area contributed by atoms with Gasteiger partial charge >= 0.3 is 0 Å². The summed E-state index contributed by atoms with van der Waals surface area (Å²) >= 11 is 0. The molecular weight excluding hydrogens is 222 g/mol. The number of aromatic nitrogens is 2. The van der Waals surface area contributed by atoms with E-state index in [2.05, 4.69) is 23.4 Å². The maximum Gasteiger partial charge on any atom is 0.0597 e. The Balaban J connectivity index is 1.65. The van der Waals surface area contributed by atoms with Crippen molar-refractivity contribution in [3.05, 3.63) is 17.5 Å². The molecule has 3 heteroatoms. The van der Waals surface area contributed by atoms with E-state index in [4.69, 9.17) is 0 Å². The first-order chi connectivity index (χ1) is 8.65. The predicted molar refractivity (Wildman–Crippen MR) is 75.4 cm³/mol. The van der Waals surface area contributed by atoms with Crippen molar-refractivity contribution < 1.29 is 0 Å². The maximum absolute atomic E-state index is 4.37. The van der Waals surface area contributed by atoms with E-state index < -0.39 is 0 Å². The fourth-order valence-electron chi connectivity index (χ4n) is 3.17. The summed E-state index contributed by atoms with van der Waals surface area (Å²) in [7, 11) is 2.02. The first-order valence-electron chi connectivity index (χ1n) is 7.35. The van der Waals surface area contributed by atoms with E-state index >= 15 is 0 Å². The molecule has 0 amide bonds. The summed E-state index contributed by atoms with van der Waals surface area (Å²) in [5.74, 6) is 1.90. The maximum atomic E-state index is 4.37. The van der Waals surface area contributed by atoms with Crippen molar-refractivity contribution in [3.8, 4) is 0 Å². The monoisotopic (exact) mass is 249 g/mol. The molecule has 1 aromatic rings. The van der Waals surface area contributed by atoms with Crippen LogP contribution in [0.25, 0.3) is 0 Å². The van der Waals surface area contributed by atoms with Gasteiger partial charge in [-0.2, -0.15) is 5.10 Å². The van der Waals surface area contributed by atoms with Crippen LogP contribution in [0.2, 0.25) is 0 Å². The van der Waals surface area contributed by atoms with E-state index in [0.717, 1.165) is 30.6 Å². The Morgan fingerprint density at radius 3 is 2.94 bits per heavy atom. The zero-order valence-corrected chi connectivity index (χ0v) is 12.1. The molecular formula is C15H27N3. The topological polar surface area (TPSA) is 29.9 Å². The third kappa shape index (κ3) is 3.84. The Morgan fingerprint density at radius 1 is 1.44 bits per heavy atom. The van der Waals surface area contributed by atoms with Crippen LogP contribution in [0.4, 0.5) is 0 Å². The largest absolute Gasteiger partial charge is 0.311 e. The molecule has 0 saturated heterocycles. The molecule has 0 aromatic carbocycles. The van der Waals surface area contributed by atoms with Crippen LogP contribution in [-0.4, -0.2) is 16.3 Å². The van der Waals surface area contributed by atoms with Crippen LogP contribution in [-0.2, 0) is 13.6 Å². The SMILES string of the molecule is Cc1cc(CNCCC2CCCC(C)C2)n(C)n1. The highest BCUT2D eigenvalue weighted by molar-refractivity contribution is 5.08. The highest BCUT2D eigenvalue weighted by Gasteiger charge is 2.18. The molecule has 18 heavy (non-hydrogen) atoms. The number of aryl methyl sites for hydroxylation is 2. The molecule has 0 aliphatic heterocycles. The number of rotatable bonds is 5. The fraction of sp³-hybridized carbons (Fsp3) is 0.800. The van der Waals surface area contributed by atoms with Gasteiger partial charge in [-0.1, -0.05) is 26.2 Å². The Kier molecular flexibility index (Phi) is 4.81. The van der Waals surface area contributed by atoms with Gasteiger partial charge in [0, 0.05) is 13.6 Å². The number of hydrogen-bond donors (Lipinski definition) is 1. The van der Waals surface area contributed by atoms with Crippen molar-refractivity contribution in [1.82, 2.24) is 15.1 Å². The van der Waals surface area contributed by atoms with Crippen LogP contribution in [0.1, 0.15) is 50.4 Å². The summed E-state index contributed by atoms with van der Waals surface area (Å²) in [4.78, 5) is 0. The molecule has 1 aromatic heterocycles. The second kappa shape index (κ2) is 6.37. The summed E-state index contributed by atoms with van der Waals surface area (Å²) in [6.07, 6.45) is 7.09. The zero-order valence-electron chi connectivity index (χ0n) is 12.1. The van der Waals surface area contributed by atoms with Crippen LogP contribution in [0.3, 0.4) is 0 Å². The van der Waals surface area contributed by atoms with Gasteiger partial charge in [-0.05, 0) is 44.2 Å². The van der Waals surface area contributed by atoms with Gasteiger partial charge in [-0.15, -0.1) is 0 Å². The van der Waals surface area contributed by atoms with Crippen LogP contribution in [0, 0.1) is 18.8 Å². The molecule has 0 bridgehead atoms. The number of nitrogens with one attached hydrogen (secondary N) is 1. The Morgan fingerprint density at radius 2 is 2.28 bits per heavy atom. The van der Waals surface area contributed by atoms with E-state index in [1.165, 1.54) is 37.8 Å². The molecule has 0 spiro atoms. The molecule has 0 radical (unpaired) electrons. The third-order valence-corrected chi connectivity index (χ3v) is 4.18. The van der Waals surface area contributed by atoms with E-state index in [1.807, 2.05) is 18.7 Å². The lowest BCUT2D eigenvalue weighted by Gasteiger charge is -2.26. The smallest absolute Gasteiger partial charge is 0.0597 e. The zero-order chi connectivity index (χ0) is 13.0. The quantitative estimate of drug-likeness (QED) is 0.813. The number of nitrogens with zero attached hydrogens (tertiary/aromatic N) is 2. The summed E-state index contributed by atoms with van der Waals surface area (Å²) in [6.45, 7) is 6.53. The summed E-state index contributed by atoms with van der Waals surface area (Å²) < 4.78 is 1.98. The van der Waals surface area contributed by atoms with Crippen LogP contribution in [0.15, 0.2) is 6.07 Å². The van der Waals surface area contributed by atoms with Gasteiger partial charge in [-0.3, -0.25) is 4.68 Å². The van der Waals surface area contributed by atoms with E-state index in [1.54, 1.807) is 0 Å². The van der Waals surface area contributed by atoms with Crippen LogP contribution < -0.4 is 5.32 Å². The third-order valence-electron chi connectivity index (χ3n) is 4.18. The van der Waals surface area contributed by atoms with Crippen molar-refractivity contribution in [2.24, 2.45) is 18.9 Å². The van der Waals surface area contributed by atoms with Gasteiger partial charge in [0.15, 0.2) is 0 Å². The predicted octanol–water partition coefficient (Wildman–Crippen LogP) is 3.03. The molecule has 102 valence electrons. The van der Waals surface area contributed by atoms with Gasteiger partial charge in [-0.25, -0.2) is 0 Å². The molecule has 2 atom stereocenters. The van der Waals surface area contributed by atoms with Crippen molar-refractivity contribution in [1.29, 1.82) is 0 Å². The normalized spacial score (nSPS) is 24.4. The van der Waals surface area contributed by atoms with Crippen molar-refractivity contribution in [2.45, 2.75) is 52.5 Å². The number of hydrogen-bond acceptors (Lipinski definition) is 2. The Labute approximate surface area is 111 Å². The summed E-state index contributed by atoms with van der Waals surface area (Å²) in [5.41, 5.74) is 2.39. The molecule has 2 unspecified atom stereocenters. The second-order valence-electron chi connectivity index (χ2n) is 6.00. The van der Waals surface area contributed by atoms with E-state index in [0.29, 0.717) is 0 Å². The first-order valence-corrected chi connectivity index (χ1v) is 7.35. The first kappa shape index (κ1) is 13.6. The second-order valence-corrected chi connectivity index (χ2v) is 6.00. The van der Waals surface area contributed by atoms with Gasteiger partial charge in [0.25, 0.3) is 0 Å². The molecule has 2 rings (SSSR count). The molecule has 1 aliphatic rings. The van der Waals surface area contributed by atoms with Gasteiger partial charge in [0.05, 0.1) is 11.4 Å². The van der Waals surface area contributed by atoms with Gasteiger partial charge in [0.1, 0.15) is 0 Å². The fourth-order valence-corrected chi connectivity index (χ4v) is 3.17. The molecule has 3 nitrogen and oxygen atoms in total. The van der Waals surface area contributed by atoms with Crippen molar-refractivity contribution >= 4 is 0 Å². The minimum Gasteiger partial charge on any atom is -0.311 e. The molecule has 1 fully saturated rings. The van der Waals surface area contributed by atoms with Crippen molar-refractivity contribution in [3.63, 3.8) is 0 Å². The van der Waals surface area contributed by atoms with Crippen LogP contribution in [0.5, 0.6) is 0 Å². The highest BCUT2D eigenvalue weighted by atomic mass is 15.3.